The summed E-state index contributed by atoms with van der Waals surface area (Å²) < 4.78 is 10.7. The first-order chi connectivity index (χ1) is 12.3. The molecule has 6 heteroatoms. The van der Waals surface area contributed by atoms with E-state index < -0.39 is 23.5 Å². The molecule has 26 heavy (non-hydrogen) atoms. The molecule has 0 radical (unpaired) electrons. The van der Waals surface area contributed by atoms with Gasteiger partial charge in [-0.3, -0.25) is 4.90 Å². The highest BCUT2D eigenvalue weighted by molar-refractivity contribution is 9.09. The van der Waals surface area contributed by atoms with Gasteiger partial charge in [0.15, 0.2) is 0 Å². The lowest BCUT2D eigenvalue weighted by molar-refractivity contribution is -0.153. The first kappa shape index (κ1) is 22.5. The molecule has 0 heterocycles. The van der Waals surface area contributed by atoms with Gasteiger partial charge in [-0.15, -0.1) is 0 Å². The lowest BCUT2D eigenvalue weighted by Gasteiger charge is -2.37. The van der Waals surface area contributed by atoms with Gasteiger partial charge in [0.25, 0.3) is 0 Å². The lowest BCUT2D eigenvalue weighted by atomic mass is 9.85. The summed E-state index contributed by atoms with van der Waals surface area (Å²) in [6.07, 6.45) is 1.19. The van der Waals surface area contributed by atoms with Crippen LogP contribution in [0, 0.1) is 5.41 Å². The van der Waals surface area contributed by atoms with Crippen LogP contribution in [-0.4, -0.2) is 41.5 Å². The van der Waals surface area contributed by atoms with E-state index in [1.807, 2.05) is 51.1 Å². The third kappa shape index (κ3) is 7.36. The van der Waals surface area contributed by atoms with E-state index >= 15 is 0 Å². The Morgan fingerprint density at radius 1 is 1.12 bits per heavy atom. The molecule has 146 valence electrons. The molecule has 0 aromatic heterocycles. The molecule has 5 nitrogen and oxygen atoms in total. The molecule has 1 rings (SSSR count). The van der Waals surface area contributed by atoms with Crippen LogP contribution in [0.25, 0.3) is 0 Å². The number of halogens is 1. The van der Waals surface area contributed by atoms with Crippen molar-refractivity contribution in [2.24, 2.45) is 5.41 Å². The number of carbonyl (C=O) groups excluding carboxylic acids is 2. The molecular formula is C20H30BrNO4. The Labute approximate surface area is 165 Å². The summed E-state index contributed by atoms with van der Waals surface area (Å²) in [4.78, 5) is 26.9. The van der Waals surface area contributed by atoms with Crippen molar-refractivity contribution in [3.8, 4) is 0 Å². The maximum atomic E-state index is 12.8. The first-order valence-electron chi connectivity index (χ1n) is 9.01. The zero-order valence-electron chi connectivity index (χ0n) is 16.2. The normalized spacial score (nSPS) is 12.3. The fraction of sp³-hybridized carbons (Fsp3) is 0.600. The number of benzene rings is 1. The minimum Gasteiger partial charge on any atom is -0.464 e. The number of ether oxygens (including phenoxy) is 2. The van der Waals surface area contributed by atoms with E-state index in [4.69, 9.17) is 9.47 Å². The van der Waals surface area contributed by atoms with E-state index in [2.05, 4.69) is 15.9 Å². The van der Waals surface area contributed by atoms with Crippen LogP contribution in [0.4, 0.5) is 4.79 Å². The average Bonchev–Trinajstić information content (AvgIpc) is 2.59. The number of unbranched alkanes of at least 4 members (excludes halogenated alkanes) is 1. The van der Waals surface area contributed by atoms with E-state index in [1.165, 1.54) is 4.90 Å². The zero-order chi connectivity index (χ0) is 19.6. The molecule has 0 aliphatic carbocycles. The van der Waals surface area contributed by atoms with Crippen molar-refractivity contribution in [1.29, 1.82) is 0 Å². The van der Waals surface area contributed by atoms with Gasteiger partial charge < -0.3 is 9.47 Å². The van der Waals surface area contributed by atoms with E-state index in [9.17, 15) is 9.59 Å². The maximum Gasteiger partial charge on any atom is 0.410 e. The largest absolute Gasteiger partial charge is 0.464 e. The SMILES string of the molecule is CCOC(=O)[C@@H](N(CCCCBr)C(=O)OCc1ccccc1)C(C)(C)C. The highest BCUT2D eigenvalue weighted by Gasteiger charge is 2.40. The molecule has 1 aromatic carbocycles. The monoisotopic (exact) mass is 427 g/mol. The van der Waals surface area contributed by atoms with Gasteiger partial charge in [0.05, 0.1) is 6.61 Å². The fourth-order valence-corrected chi connectivity index (χ4v) is 3.07. The van der Waals surface area contributed by atoms with Crippen molar-refractivity contribution < 1.29 is 19.1 Å². The third-order valence-corrected chi connectivity index (χ3v) is 4.42. The second kappa shape index (κ2) is 11.2. The number of alkyl halides is 1. The van der Waals surface area contributed by atoms with E-state index in [-0.39, 0.29) is 13.2 Å². The minimum absolute atomic E-state index is 0.175. The summed E-state index contributed by atoms with van der Waals surface area (Å²) in [5.74, 6) is -0.393. The average molecular weight is 428 g/mol. The molecular weight excluding hydrogens is 398 g/mol. The van der Waals surface area contributed by atoms with Crippen molar-refractivity contribution >= 4 is 28.0 Å². The molecule has 0 saturated heterocycles. The first-order valence-corrected chi connectivity index (χ1v) is 10.1. The number of amides is 1. The second-order valence-corrected chi connectivity index (χ2v) is 7.94. The summed E-state index contributed by atoms with van der Waals surface area (Å²) in [5, 5.41) is 0.847. The van der Waals surface area contributed by atoms with Crippen molar-refractivity contribution in [2.75, 3.05) is 18.5 Å². The van der Waals surface area contributed by atoms with Crippen LogP contribution in [0.2, 0.25) is 0 Å². The van der Waals surface area contributed by atoms with Crippen LogP contribution in [0.15, 0.2) is 30.3 Å². The van der Waals surface area contributed by atoms with Crippen LogP contribution in [0.1, 0.15) is 46.1 Å². The van der Waals surface area contributed by atoms with Crippen LogP contribution < -0.4 is 0 Å². The fourth-order valence-electron chi connectivity index (χ4n) is 2.67. The Morgan fingerprint density at radius 2 is 1.77 bits per heavy atom. The van der Waals surface area contributed by atoms with Gasteiger partial charge in [0.2, 0.25) is 0 Å². The number of nitrogens with zero attached hydrogens (tertiary/aromatic N) is 1. The molecule has 1 atom stereocenters. The number of carbonyl (C=O) groups is 2. The number of hydrogen-bond acceptors (Lipinski definition) is 4. The highest BCUT2D eigenvalue weighted by atomic mass is 79.9. The van der Waals surface area contributed by atoms with E-state index in [0.717, 1.165) is 23.7 Å². The van der Waals surface area contributed by atoms with Crippen LogP contribution in [-0.2, 0) is 20.9 Å². The molecule has 0 N–H and O–H groups in total. The zero-order valence-corrected chi connectivity index (χ0v) is 17.8. The van der Waals surface area contributed by atoms with Gasteiger partial charge in [0, 0.05) is 11.9 Å². The summed E-state index contributed by atoms with van der Waals surface area (Å²) in [5.41, 5.74) is 0.441. The number of hydrogen-bond donors (Lipinski definition) is 0. The Morgan fingerprint density at radius 3 is 2.31 bits per heavy atom. The number of rotatable bonds is 9. The topological polar surface area (TPSA) is 55.8 Å². The van der Waals surface area contributed by atoms with E-state index in [0.29, 0.717) is 6.54 Å². The Kier molecular flexibility index (Phi) is 9.70. The maximum absolute atomic E-state index is 12.8. The van der Waals surface area contributed by atoms with Crippen LogP contribution in [0.5, 0.6) is 0 Å². The van der Waals surface area contributed by atoms with Crippen molar-refractivity contribution in [3.63, 3.8) is 0 Å². The summed E-state index contributed by atoms with van der Waals surface area (Å²) in [7, 11) is 0. The van der Waals surface area contributed by atoms with Crippen LogP contribution in [0.3, 0.4) is 0 Å². The molecule has 1 aromatic rings. The molecule has 0 spiro atoms. The van der Waals surface area contributed by atoms with Gasteiger partial charge in [-0.2, -0.15) is 0 Å². The van der Waals surface area contributed by atoms with Crippen molar-refractivity contribution in [1.82, 2.24) is 4.90 Å². The number of esters is 1. The molecule has 0 aliphatic heterocycles. The molecule has 1 amide bonds. The Balaban J connectivity index is 2.94. The molecule has 0 unspecified atom stereocenters. The quantitative estimate of drug-likeness (QED) is 0.323. The predicted molar refractivity (Wildman–Crippen MR) is 106 cm³/mol. The van der Waals surface area contributed by atoms with Crippen LogP contribution >= 0.6 is 15.9 Å². The van der Waals surface area contributed by atoms with Gasteiger partial charge in [-0.05, 0) is 30.7 Å². The van der Waals surface area contributed by atoms with Gasteiger partial charge in [-0.1, -0.05) is 67.0 Å². The summed E-state index contributed by atoms with van der Waals surface area (Å²) in [6.45, 7) is 8.44. The summed E-state index contributed by atoms with van der Waals surface area (Å²) >= 11 is 3.40. The van der Waals surface area contributed by atoms with Crippen molar-refractivity contribution in [2.45, 2.75) is 53.2 Å². The van der Waals surface area contributed by atoms with Gasteiger partial charge in [0.1, 0.15) is 12.6 Å². The molecule has 0 aliphatic rings. The minimum atomic E-state index is -0.693. The summed E-state index contributed by atoms with van der Waals surface area (Å²) in [6, 6.07) is 8.81. The standard InChI is InChI=1S/C20H30BrNO4/c1-5-25-18(23)17(20(2,3)4)22(14-10-9-13-21)19(24)26-15-16-11-7-6-8-12-16/h6-8,11-12,17H,5,9-10,13-15H2,1-4H3/t17-/m1/s1. The lowest BCUT2D eigenvalue weighted by Crippen LogP contribution is -2.53. The smallest absolute Gasteiger partial charge is 0.410 e. The Bertz CT molecular complexity index is 557. The van der Waals surface area contributed by atoms with E-state index in [1.54, 1.807) is 6.92 Å². The molecule has 0 saturated carbocycles. The van der Waals surface area contributed by atoms with Gasteiger partial charge in [-0.25, -0.2) is 9.59 Å². The molecule has 0 bridgehead atoms. The second-order valence-electron chi connectivity index (χ2n) is 7.15. The van der Waals surface area contributed by atoms with Gasteiger partial charge >= 0.3 is 12.1 Å². The Hall–Kier alpha value is -1.56. The molecule has 0 fully saturated rings. The third-order valence-electron chi connectivity index (χ3n) is 3.86. The van der Waals surface area contributed by atoms with Crippen molar-refractivity contribution in [3.05, 3.63) is 35.9 Å². The predicted octanol–water partition coefficient (Wildman–Crippen LogP) is 4.78. The highest BCUT2D eigenvalue weighted by Crippen LogP contribution is 2.27.